The van der Waals surface area contributed by atoms with Gasteiger partial charge in [0, 0.05) is 12.3 Å². The molecule has 2 unspecified atom stereocenters. The van der Waals surface area contributed by atoms with Gasteiger partial charge in [0.05, 0.1) is 0 Å². The van der Waals surface area contributed by atoms with Gasteiger partial charge in [-0.05, 0) is 19.3 Å². The lowest BCUT2D eigenvalue weighted by Crippen LogP contribution is -2.15. The Morgan fingerprint density at radius 1 is 1.45 bits per heavy atom. The third-order valence-electron chi connectivity index (χ3n) is 2.23. The van der Waals surface area contributed by atoms with Crippen molar-refractivity contribution in [2.45, 2.75) is 33.6 Å². The van der Waals surface area contributed by atoms with E-state index in [1.807, 2.05) is 13.8 Å². The second-order valence-corrected chi connectivity index (χ2v) is 3.12. The van der Waals surface area contributed by atoms with Crippen LogP contribution in [0.1, 0.15) is 33.6 Å². The molecule has 0 spiro atoms. The molecule has 0 aromatic carbocycles. The summed E-state index contributed by atoms with van der Waals surface area (Å²) in [6.45, 7) is 5.52. The van der Waals surface area contributed by atoms with Crippen LogP contribution in [0.5, 0.6) is 0 Å². The lowest BCUT2D eigenvalue weighted by Gasteiger charge is -2.15. The molecule has 64 valence electrons. The van der Waals surface area contributed by atoms with Crippen molar-refractivity contribution >= 4 is 12.1 Å². The van der Waals surface area contributed by atoms with Crippen molar-refractivity contribution in [2.24, 2.45) is 11.8 Å². The molecular formula is C9H16O2. The Labute approximate surface area is 68.0 Å². The molecule has 0 amide bonds. The third kappa shape index (κ3) is 3.91. The summed E-state index contributed by atoms with van der Waals surface area (Å²) in [5.41, 5.74) is 0. The monoisotopic (exact) mass is 156 g/mol. The Morgan fingerprint density at radius 3 is 2.36 bits per heavy atom. The summed E-state index contributed by atoms with van der Waals surface area (Å²) in [5, 5.41) is 0. The van der Waals surface area contributed by atoms with E-state index in [0.29, 0.717) is 12.3 Å². The van der Waals surface area contributed by atoms with Crippen molar-refractivity contribution in [2.75, 3.05) is 0 Å². The van der Waals surface area contributed by atoms with E-state index in [0.717, 1.165) is 12.7 Å². The molecule has 0 rings (SSSR count). The normalized spacial score (nSPS) is 15.5. The third-order valence-corrected chi connectivity index (χ3v) is 2.23. The summed E-state index contributed by atoms with van der Waals surface area (Å²) < 4.78 is 0. The zero-order valence-electron chi connectivity index (χ0n) is 7.46. The largest absolute Gasteiger partial charge is 0.303 e. The van der Waals surface area contributed by atoms with Gasteiger partial charge < -0.3 is 4.79 Å². The first-order valence-corrected chi connectivity index (χ1v) is 4.03. The van der Waals surface area contributed by atoms with E-state index >= 15 is 0 Å². The maximum absolute atomic E-state index is 10.9. The molecule has 0 aliphatic rings. The maximum atomic E-state index is 10.9. The van der Waals surface area contributed by atoms with Crippen LogP contribution in [0.3, 0.4) is 0 Å². The SMILES string of the molecule is CC(=O)C(C)C(C)CCC=O. The van der Waals surface area contributed by atoms with E-state index in [9.17, 15) is 9.59 Å². The molecule has 0 aliphatic carbocycles. The number of carbonyl (C=O) groups is 2. The molecular weight excluding hydrogens is 140 g/mol. The van der Waals surface area contributed by atoms with Crippen molar-refractivity contribution in [1.82, 2.24) is 0 Å². The predicted molar refractivity (Wildman–Crippen MR) is 44.3 cm³/mol. The summed E-state index contributed by atoms with van der Waals surface area (Å²) >= 11 is 0. The van der Waals surface area contributed by atoms with Gasteiger partial charge in [0.2, 0.25) is 0 Å². The first-order valence-electron chi connectivity index (χ1n) is 4.03. The Bertz CT molecular complexity index is 140. The van der Waals surface area contributed by atoms with Gasteiger partial charge >= 0.3 is 0 Å². The van der Waals surface area contributed by atoms with Crippen LogP contribution in [0.4, 0.5) is 0 Å². The first-order chi connectivity index (χ1) is 5.09. The molecule has 2 heteroatoms. The zero-order chi connectivity index (χ0) is 8.85. The van der Waals surface area contributed by atoms with Gasteiger partial charge in [-0.15, -0.1) is 0 Å². The summed E-state index contributed by atoms with van der Waals surface area (Å²) in [7, 11) is 0. The van der Waals surface area contributed by atoms with Crippen molar-refractivity contribution in [3.05, 3.63) is 0 Å². The molecule has 0 fully saturated rings. The maximum Gasteiger partial charge on any atom is 0.132 e. The molecule has 2 nitrogen and oxygen atoms in total. The lowest BCUT2D eigenvalue weighted by atomic mass is 9.89. The van der Waals surface area contributed by atoms with Crippen LogP contribution in [-0.2, 0) is 9.59 Å². The highest BCUT2D eigenvalue weighted by molar-refractivity contribution is 5.78. The number of aldehydes is 1. The summed E-state index contributed by atoms with van der Waals surface area (Å²) in [4.78, 5) is 20.9. The van der Waals surface area contributed by atoms with Crippen molar-refractivity contribution in [3.63, 3.8) is 0 Å². The summed E-state index contributed by atoms with van der Waals surface area (Å²) in [6.07, 6.45) is 2.30. The minimum absolute atomic E-state index is 0.0925. The van der Waals surface area contributed by atoms with E-state index in [2.05, 4.69) is 0 Å². The number of rotatable bonds is 5. The quantitative estimate of drug-likeness (QED) is 0.569. The number of ketones is 1. The number of hydrogen-bond acceptors (Lipinski definition) is 2. The molecule has 2 atom stereocenters. The zero-order valence-corrected chi connectivity index (χ0v) is 7.46. The van der Waals surface area contributed by atoms with E-state index in [4.69, 9.17) is 0 Å². The van der Waals surface area contributed by atoms with Crippen molar-refractivity contribution in [1.29, 1.82) is 0 Å². The highest BCUT2D eigenvalue weighted by atomic mass is 16.1. The average Bonchev–Trinajstić information content (AvgIpc) is 1.98. The number of Topliss-reactive ketones (excluding diaryl/α,β-unsaturated/α-hetero) is 1. The van der Waals surface area contributed by atoms with Crippen LogP contribution in [0.25, 0.3) is 0 Å². The van der Waals surface area contributed by atoms with Crippen LogP contribution in [0.15, 0.2) is 0 Å². The van der Waals surface area contributed by atoms with Gasteiger partial charge in [0.25, 0.3) is 0 Å². The molecule has 0 N–H and O–H groups in total. The molecule has 0 bridgehead atoms. The average molecular weight is 156 g/mol. The van der Waals surface area contributed by atoms with Crippen LogP contribution in [-0.4, -0.2) is 12.1 Å². The second-order valence-electron chi connectivity index (χ2n) is 3.12. The minimum Gasteiger partial charge on any atom is -0.303 e. The fourth-order valence-electron chi connectivity index (χ4n) is 0.982. The smallest absolute Gasteiger partial charge is 0.132 e. The highest BCUT2D eigenvalue weighted by Crippen LogP contribution is 2.16. The van der Waals surface area contributed by atoms with Crippen LogP contribution < -0.4 is 0 Å². The predicted octanol–water partition coefficient (Wildman–Crippen LogP) is 1.83. The van der Waals surface area contributed by atoms with Crippen LogP contribution >= 0.6 is 0 Å². The van der Waals surface area contributed by atoms with E-state index in [1.165, 1.54) is 0 Å². The Kier molecular flexibility index (Phi) is 4.75. The van der Waals surface area contributed by atoms with Crippen LogP contribution in [0, 0.1) is 11.8 Å². The standard InChI is InChI=1S/C9H16O2/c1-7(5-4-6-10)8(2)9(3)11/h6-8H,4-5H2,1-3H3. The van der Waals surface area contributed by atoms with Gasteiger partial charge in [0.15, 0.2) is 0 Å². The molecule has 0 aromatic rings. The molecule has 0 aromatic heterocycles. The van der Waals surface area contributed by atoms with Gasteiger partial charge in [0.1, 0.15) is 12.1 Å². The Balaban J connectivity index is 3.72. The van der Waals surface area contributed by atoms with E-state index in [1.54, 1.807) is 6.92 Å². The first kappa shape index (κ1) is 10.3. The molecule has 0 radical (unpaired) electrons. The second kappa shape index (κ2) is 5.05. The molecule has 0 heterocycles. The van der Waals surface area contributed by atoms with E-state index in [-0.39, 0.29) is 11.7 Å². The minimum atomic E-state index is 0.0925. The summed E-state index contributed by atoms with van der Waals surface area (Å²) in [6, 6.07) is 0. The molecule has 11 heavy (non-hydrogen) atoms. The topological polar surface area (TPSA) is 34.1 Å². The van der Waals surface area contributed by atoms with Crippen molar-refractivity contribution in [3.8, 4) is 0 Å². The highest BCUT2D eigenvalue weighted by Gasteiger charge is 2.15. The van der Waals surface area contributed by atoms with Gasteiger partial charge in [-0.2, -0.15) is 0 Å². The fraction of sp³-hybridized carbons (Fsp3) is 0.778. The Morgan fingerprint density at radius 2 is 2.00 bits per heavy atom. The van der Waals surface area contributed by atoms with E-state index < -0.39 is 0 Å². The molecule has 0 aliphatic heterocycles. The van der Waals surface area contributed by atoms with Gasteiger partial charge in [-0.1, -0.05) is 13.8 Å². The van der Waals surface area contributed by atoms with Gasteiger partial charge in [-0.25, -0.2) is 0 Å². The summed E-state index contributed by atoms with van der Waals surface area (Å²) in [5.74, 6) is 0.635. The molecule has 0 saturated heterocycles. The lowest BCUT2D eigenvalue weighted by molar-refractivity contribution is -0.122. The van der Waals surface area contributed by atoms with Crippen molar-refractivity contribution < 1.29 is 9.59 Å². The fourth-order valence-corrected chi connectivity index (χ4v) is 0.982. The van der Waals surface area contributed by atoms with Gasteiger partial charge in [-0.3, -0.25) is 4.79 Å². The number of hydrogen-bond donors (Lipinski definition) is 0. The van der Waals surface area contributed by atoms with Crippen LogP contribution in [0.2, 0.25) is 0 Å². The molecule has 0 saturated carbocycles. The number of carbonyl (C=O) groups excluding carboxylic acids is 2. The Hall–Kier alpha value is -0.660.